The van der Waals surface area contributed by atoms with Gasteiger partial charge in [-0.3, -0.25) is 9.69 Å². The summed E-state index contributed by atoms with van der Waals surface area (Å²) in [6, 6.07) is 22.1. The van der Waals surface area contributed by atoms with Gasteiger partial charge in [-0.2, -0.15) is 0 Å². The maximum absolute atomic E-state index is 13.0. The van der Waals surface area contributed by atoms with Gasteiger partial charge in [-0.05, 0) is 53.1 Å². The Bertz CT molecular complexity index is 1330. The van der Waals surface area contributed by atoms with E-state index < -0.39 is 5.97 Å². The van der Waals surface area contributed by atoms with Gasteiger partial charge in [0, 0.05) is 6.08 Å². The van der Waals surface area contributed by atoms with E-state index in [0.29, 0.717) is 21.5 Å². The van der Waals surface area contributed by atoms with Gasteiger partial charge >= 0.3 is 5.97 Å². The minimum Gasteiger partial charge on any atom is -0.497 e. The van der Waals surface area contributed by atoms with E-state index in [1.807, 2.05) is 54.6 Å². The average Bonchev–Trinajstić information content (AvgIpc) is 3.16. The van der Waals surface area contributed by atoms with Crippen LogP contribution < -0.4 is 14.2 Å². The monoisotopic (exact) mass is 517 g/mol. The molecule has 1 aliphatic heterocycles. The van der Waals surface area contributed by atoms with E-state index in [1.165, 1.54) is 24.9 Å². The molecule has 0 spiro atoms. The van der Waals surface area contributed by atoms with Crippen LogP contribution in [0.3, 0.4) is 0 Å². The van der Waals surface area contributed by atoms with Crippen molar-refractivity contribution < 1.29 is 23.8 Å². The molecule has 1 aliphatic rings. The number of benzene rings is 3. The van der Waals surface area contributed by atoms with Gasteiger partial charge in [0.15, 0.2) is 11.5 Å². The largest absolute Gasteiger partial charge is 0.497 e. The van der Waals surface area contributed by atoms with Crippen LogP contribution in [-0.4, -0.2) is 35.3 Å². The lowest BCUT2D eigenvalue weighted by atomic mass is 10.1. The molecule has 1 fully saturated rings. The van der Waals surface area contributed by atoms with Crippen LogP contribution in [0.5, 0.6) is 17.2 Å². The molecule has 1 heterocycles. The summed E-state index contributed by atoms with van der Waals surface area (Å²) in [4.78, 5) is 27.4. The van der Waals surface area contributed by atoms with Crippen molar-refractivity contribution in [1.82, 2.24) is 4.90 Å². The van der Waals surface area contributed by atoms with E-state index in [9.17, 15) is 9.59 Å². The molecule has 4 rings (SSSR count). The van der Waals surface area contributed by atoms with Crippen LogP contribution in [-0.2, 0) is 16.1 Å². The topological polar surface area (TPSA) is 65.1 Å². The van der Waals surface area contributed by atoms with Crippen molar-refractivity contribution >= 4 is 52.3 Å². The Morgan fingerprint density at radius 1 is 0.944 bits per heavy atom. The van der Waals surface area contributed by atoms with Crippen LogP contribution in [0.2, 0.25) is 0 Å². The van der Waals surface area contributed by atoms with Crippen molar-refractivity contribution in [1.29, 1.82) is 0 Å². The maximum Gasteiger partial charge on any atom is 0.336 e. The number of methoxy groups -OCH3 is 2. The van der Waals surface area contributed by atoms with Crippen LogP contribution in [0, 0.1) is 0 Å². The molecular weight excluding hydrogens is 494 g/mol. The minimum atomic E-state index is -0.543. The first-order valence-corrected chi connectivity index (χ1v) is 12.2. The van der Waals surface area contributed by atoms with Gasteiger partial charge in [0.2, 0.25) is 0 Å². The zero-order chi connectivity index (χ0) is 25.5. The molecule has 3 aromatic carbocycles. The second-order valence-corrected chi connectivity index (χ2v) is 9.37. The summed E-state index contributed by atoms with van der Waals surface area (Å²) in [7, 11) is 3.08. The fourth-order valence-electron chi connectivity index (χ4n) is 3.43. The molecule has 8 heteroatoms. The Kier molecular flexibility index (Phi) is 8.20. The lowest BCUT2D eigenvalue weighted by molar-refractivity contribution is -0.129. The van der Waals surface area contributed by atoms with Crippen LogP contribution in [0.15, 0.2) is 83.8 Å². The van der Waals surface area contributed by atoms with Crippen molar-refractivity contribution in [3.63, 3.8) is 0 Å². The van der Waals surface area contributed by atoms with Gasteiger partial charge in [-0.15, -0.1) is 0 Å². The number of nitrogens with zero attached hydrogens (tertiary/aromatic N) is 1. The minimum absolute atomic E-state index is 0.146. The predicted molar refractivity (Wildman–Crippen MR) is 146 cm³/mol. The molecule has 1 saturated heterocycles. The molecule has 0 bridgehead atoms. The third-order valence-corrected chi connectivity index (χ3v) is 6.66. The molecule has 182 valence electrons. The molecule has 1 amide bonds. The summed E-state index contributed by atoms with van der Waals surface area (Å²) < 4.78 is 16.5. The first kappa shape index (κ1) is 25.2. The van der Waals surface area contributed by atoms with Crippen molar-refractivity contribution in [2.75, 3.05) is 14.2 Å². The number of carbonyl (C=O) groups excluding carboxylic acids is 2. The van der Waals surface area contributed by atoms with Gasteiger partial charge < -0.3 is 14.2 Å². The van der Waals surface area contributed by atoms with Crippen molar-refractivity contribution in [2.24, 2.45) is 0 Å². The third kappa shape index (κ3) is 6.21. The Hall–Kier alpha value is -3.88. The summed E-state index contributed by atoms with van der Waals surface area (Å²) in [6.07, 6.45) is 4.75. The number of thiocarbonyl (C=S) groups is 1. The van der Waals surface area contributed by atoms with Crippen molar-refractivity contribution in [3.05, 3.63) is 100 Å². The molecule has 3 aromatic rings. The van der Waals surface area contributed by atoms with Gasteiger partial charge in [0.05, 0.1) is 25.7 Å². The number of carbonyl (C=O) groups is 2. The van der Waals surface area contributed by atoms with Gasteiger partial charge in [0.1, 0.15) is 10.1 Å². The van der Waals surface area contributed by atoms with E-state index in [-0.39, 0.29) is 11.7 Å². The molecule has 36 heavy (non-hydrogen) atoms. The molecule has 6 nitrogen and oxygen atoms in total. The molecule has 0 N–H and O–H groups in total. The van der Waals surface area contributed by atoms with E-state index in [1.54, 1.807) is 42.4 Å². The number of rotatable bonds is 8. The summed E-state index contributed by atoms with van der Waals surface area (Å²) in [6.45, 7) is 0.422. The van der Waals surface area contributed by atoms with E-state index in [0.717, 1.165) is 22.4 Å². The lowest BCUT2D eigenvalue weighted by Crippen LogP contribution is -2.27. The summed E-state index contributed by atoms with van der Waals surface area (Å²) >= 11 is 6.69. The van der Waals surface area contributed by atoms with Crippen molar-refractivity contribution in [2.45, 2.75) is 6.54 Å². The zero-order valence-electron chi connectivity index (χ0n) is 19.7. The molecule has 0 saturated carbocycles. The van der Waals surface area contributed by atoms with E-state index in [2.05, 4.69) is 0 Å². The summed E-state index contributed by atoms with van der Waals surface area (Å²) in [5.41, 5.74) is 2.56. The highest BCUT2D eigenvalue weighted by Gasteiger charge is 2.32. The van der Waals surface area contributed by atoms with Crippen LogP contribution >= 0.6 is 24.0 Å². The molecule has 0 atom stereocenters. The number of esters is 1. The third-order valence-electron chi connectivity index (χ3n) is 5.28. The van der Waals surface area contributed by atoms with Crippen LogP contribution in [0.25, 0.3) is 12.2 Å². The zero-order valence-corrected chi connectivity index (χ0v) is 21.3. The van der Waals surface area contributed by atoms with Gasteiger partial charge in [-0.1, -0.05) is 72.5 Å². The maximum atomic E-state index is 13.0. The highest BCUT2D eigenvalue weighted by Crippen LogP contribution is 2.35. The van der Waals surface area contributed by atoms with Gasteiger partial charge in [0.25, 0.3) is 5.91 Å². The van der Waals surface area contributed by atoms with E-state index >= 15 is 0 Å². The normalized spacial score (nSPS) is 14.5. The Balaban J connectivity index is 1.44. The predicted octanol–water partition coefficient (Wildman–Crippen LogP) is 5.72. The Morgan fingerprint density at radius 3 is 2.36 bits per heavy atom. The van der Waals surface area contributed by atoms with Crippen molar-refractivity contribution in [3.8, 4) is 17.2 Å². The fraction of sp³-hybridized carbons (Fsp3) is 0.107. The second-order valence-electron chi connectivity index (χ2n) is 7.69. The van der Waals surface area contributed by atoms with Gasteiger partial charge in [-0.25, -0.2) is 4.79 Å². The summed E-state index contributed by atoms with van der Waals surface area (Å²) in [5.74, 6) is 0.689. The molecule has 0 aliphatic carbocycles. The SMILES string of the molecule is COc1ccc(/C=C/C(=O)Oc2ccc(/C=C3\SC(=S)N(Cc4ccccc4)C3=O)cc2OC)cc1. The highest BCUT2D eigenvalue weighted by molar-refractivity contribution is 8.26. The quantitative estimate of drug-likeness (QED) is 0.164. The van der Waals surface area contributed by atoms with E-state index in [4.69, 9.17) is 26.4 Å². The molecule has 0 radical (unpaired) electrons. The lowest BCUT2D eigenvalue weighted by Gasteiger charge is -2.14. The first-order chi connectivity index (χ1) is 17.5. The summed E-state index contributed by atoms with van der Waals surface area (Å²) in [5, 5.41) is 0. The number of thioether (sulfide) groups is 1. The average molecular weight is 518 g/mol. The Morgan fingerprint density at radius 2 is 1.67 bits per heavy atom. The highest BCUT2D eigenvalue weighted by atomic mass is 32.2. The fourth-order valence-corrected chi connectivity index (χ4v) is 4.69. The van der Waals surface area contributed by atoms with Crippen LogP contribution in [0.1, 0.15) is 16.7 Å². The second kappa shape index (κ2) is 11.7. The molecular formula is C28H23NO5S2. The Labute approximate surface area is 219 Å². The number of amides is 1. The number of ether oxygens (including phenoxy) is 3. The number of hydrogen-bond acceptors (Lipinski definition) is 7. The standard InChI is InChI=1S/C28H23NO5S2/c1-32-22-12-8-19(9-13-22)11-15-26(30)34-23-14-10-21(16-24(23)33-2)17-25-27(31)29(28(35)36-25)18-20-6-4-3-5-7-20/h3-17H,18H2,1-2H3/b15-11+,25-17-. The van der Waals surface area contributed by atoms with Crippen LogP contribution in [0.4, 0.5) is 0 Å². The smallest absolute Gasteiger partial charge is 0.336 e. The molecule has 0 aromatic heterocycles. The first-order valence-electron chi connectivity index (χ1n) is 11.0. The molecule has 0 unspecified atom stereocenters. The number of hydrogen-bond donors (Lipinski definition) is 0.